The fourth-order valence-corrected chi connectivity index (χ4v) is 3.78. The maximum atomic E-state index is 11.4. The van der Waals surface area contributed by atoms with Crippen LogP contribution in [0.15, 0.2) is 0 Å². The lowest BCUT2D eigenvalue weighted by atomic mass is 9.90. The molecule has 3 saturated heterocycles. The van der Waals surface area contributed by atoms with E-state index in [2.05, 4.69) is 31.1 Å². The van der Waals surface area contributed by atoms with Gasteiger partial charge in [-0.3, -0.25) is 0 Å². The molecule has 1 N–H and O–H groups in total. The summed E-state index contributed by atoms with van der Waals surface area (Å²) in [6, 6.07) is 0. The Balaban J connectivity index is 1.92. The molecule has 3 aliphatic rings. The van der Waals surface area contributed by atoms with E-state index in [1.165, 1.54) is 0 Å². The first-order chi connectivity index (χ1) is 10.8. The van der Waals surface area contributed by atoms with Crippen LogP contribution in [0.4, 0.5) is 0 Å². The van der Waals surface area contributed by atoms with E-state index in [0.29, 0.717) is 6.61 Å². The Kier molecular flexibility index (Phi) is 4.21. The van der Waals surface area contributed by atoms with E-state index in [0.717, 1.165) is 0 Å². The first kappa shape index (κ1) is 18.3. The maximum absolute atomic E-state index is 11.4. The number of hydrogen-bond acceptors (Lipinski definition) is 6. The molecule has 0 spiro atoms. The Labute approximate surface area is 144 Å². The lowest BCUT2D eigenvalue weighted by Gasteiger charge is -2.32. The number of rotatable bonds is 1. The molecule has 3 aliphatic heterocycles. The van der Waals surface area contributed by atoms with Crippen LogP contribution in [-0.4, -0.2) is 61.6 Å². The van der Waals surface area contributed by atoms with Crippen LogP contribution < -0.4 is 0 Å². The van der Waals surface area contributed by atoms with Crippen LogP contribution in [0.5, 0.6) is 0 Å². The quantitative estimate of drug-likeness (QED) is 0.569. The number of aliphatic hydroxyl groups is 1. The van der Waals surface area contributed by atoms with Gasteiger partial charge in [-0.25, -0.2) is 0 Å². The van der Waals surface area contributed by atoms with E-state index in [1.54, 1.807) is 13.8 Å². The van der Waals surface area contributed by atoms with Crippen molar-refractivity contribution in [2.45, 2.75) is 89.1 Å². The third-order valence-corrected chi connectivity index (χ3v) is 5.09. The summed E-state index contributed by atoms with van der Waals surface area (Å²) in [6.45, 7) is 14.0. The molecule has 0 aromatic heterocycles. The van der Waals surface area contributed by atoms with Gasteiger partial charge in [-0.2, -0.15) is 0 Å². The molecule has 7 heteroatoms. The maximum Gasteiger partial charge on any atom is 0.191 e. The minimum atomic E-state index is -1.69. The highest BCUT2D eigenvalue weighted by Crippen LogP contribution is 2.45. The van der Waals surface area contributed by atoms with Crippen molar-refractivity contribution in [2.75, 3.05) is 6.61 Å². The van der Waals surface area contributed by atoms with Crippen molar-refractivity contribution in [3.05, 3.63) is 0 Å². The summed E-state index contributed by atoms with van der Waals surface area (Å²) in [5.41, 5.74) is 1.75. The van der Waals surface area contributed by atoms with Crippen molar-refractivity contribution < 1.29 is 28.8 Å². The second-order valence-corrected chi connectivity index (χ2v) is 13.4. The third kappa shape index (κ3) is 3.42. The molecule has 3 heterocycles. The molecule has 0 saturated carbocycles. The van der Waals surface area contributed by atoms with Gasteiger partial charge < -0.3 is 28.8 Å². The minimum absolute atomic E-state index is 0.331. The molecule has 0 amide bonds. The molecule has 136 valence electrons. The number of ether oxygens (including phenoxy) is 5. The molecule has 6 nitrogen and oxygen atoms in total. The van der Waals surface area contributed by atoms with Crippen LogP contribution in [0.3, 0.4) is 0 Å². The summed E-state index contributed by atoms with van der Waals surface area (Å²) in [4.78, 5) is 0. The van der Waals surface area contributed by atoms with Crippen LogP contribution in [0, 0.1) is 11.5 Å². The zero-order valence-corrected chi connectivity index (χ0v) is 16.5. The average Bonchev–Trinajstić information content (AvgIpc) is 2.98. The summed E-state index contributed by atoms with van der Waals surface area (Å²) in [5.74, 6) is 1.54. The predicted octanol–water partition coefficient (Wildman–Crippen LogP) is 1.63. The van der Waals surface area contributed by atoms with E-state index < -0.39 is 49.9 Å². The fourth-order valence-electron chi connectivity index (χ4n) is 3.20. The van der Waals surface area contributed by atoms with Crippen LogP contribution in [0.25, 0.3) is 0 Å². The number of fused-ring (bicyclic) bond motifs is 1. The largest absolute Gasteiger partial charge is 0.372 e. The van der Waals surface area contributed by atoms with E-state index in [9.17, 15) is 5.11 Å². The van der Waals surface area contributed by atoms with Gasteiger partial charge in [-0.1, -0.05) is 25.6 Å². The van der Waals surface area contributed by atoms with Crippen molar-refractivity contribution >= 4 is 8.07 Å². The molecule has 0 unspecified atom stereocenters. The van der Waals surface area contributed by atoms with Crippen LogP contribution in [0.1, 0.15) is 27.7 Å². The van der Waals surface area contributed by atoms with Crippen molar-refractivity contribution in [1.29, 1.82) is 0 Å². The van der Waals surface area contributed by atoms with Crippen molar-refractivity contribution in [3.63, 3.8) is 0 Å². The molecule has 5 atom stereocenters. The van der Waals surface area contributed by atoms with Crippen molar-refractivity contribution in [2.24, 2.45) is 0 Å². The molecule has 0 aromatic rings. The van der Waals surface area contributed by atoms with Crippen LogP contribution in [0.2, 0.25) is 19.6 Å². The fraction of sp³-hybridized carbons (Fsp3) is 0.882. The Bertz CT molecular complexity index is 572. The van der Waals surface area contributed by atoms with Gasteiger partial charge in [0.15, 0.2) is 29.6 Å². The van der Waals surface area contributed by atoms with Gasteiger partial charge in [0.1, 0.15) is 20.3 Å². The van der Waals surface area contributed by atoms with Gasteiger partial charge in [0.25, 0.3) is 0 Å². The lowest BCUT2D eigenvalue weighted by molar-refractivity contribution is -0.240. The monoisotopic (exact) mass is 356 g/mol. The molecule has 0 bridgehead atoms. The smallest absolute Gasteiger partial charge is 0.191 e. The normalized spacial score (nSPS) is 43.3. The predicted molar refractivity (Wildman–Crippen MR) is 89.7 cm³/mol. The molecule has 3 rings (SSSR count). The Morgan fingerprint density at radius 3 is 2.17 bits per heavy atom. The Morgan fingerprint density at radius 2 is 1.62 bits per heavy atom. The van der Waals surface area contributed by atoms with Crippen LogP contribution >= 0.6 is 0 Å². The standard InChI is InChI=1S/C17H28O6Si/c1-15(2)19-10-11(21-15)12-17(18,8-9-24(5,6)7)13-14(20-12)23-16(3,4)22-13/h11-14,18H,10H2,1-7H3/t11-,12+,13-,14+,17+/m0/s1. The van der Waals surface area contributed by atoms with Gasteiger partial charge in [0, 0.05) is 0 Å². The molecular weight excluding hydrogens is 328 g/mol. The third-order valence-electron chi connectivity index (χ3n) is 4.21. The highest BCUT2D eigenvalue weighted by atomic mass is 28.3. The molecule has 0 radical (unpaired) electrons. The van der Waals surface area contributed by atoms with Gasteiger partial charge >= 0.3 is 0 Å². The highest BCUT2D eigenvalue weighted by molar-refractivity contribution is 6.83. The highest BCUT2D eigenvalue weighted by Gasteiger charge is 2.65. The Hall–Kier alpha value is -0.463. The van der Waals surface area contributed by atoms with Gasteiger partial charge in [0.2, 0.25) is 0 Å². The van der Waals surface area contributed by atoms with E-state index in [4.69, 9.17) is 23.7 Å². The molecule has 24 heavy (non-hydrogen) atoms. The van der Waals surface area contributed by atoms with Gasteiger partial charge in [-0.05, 0) is 27.7 Å². The summed E-state index contributed by atoms with van der Waals surface area (Å²) in [5, 5.41) is 11.4. The molecular formula is C17H28O6Si. The lowest BCUT2D eigenvalue weighted by Crippen LogP contribution is -2.53. The second-order valence-electron chi connectivity index (χ2n) is 8.67. The minimum Gasteiger partial charge on any atom is -0.372 e. The summed E-state index contributed by atoms with van der Waals surface area (Å²) in [7, 11) is -1.69. The second kappa shape index (κ2) is 5.51. The molecule has 0 aromatic carbocycles. The van der Waals surface area contributed by atoms with Gasteiger partial charge in [0.05, 0.1) is 6.61 Å². The summed E-state index contributed by atoms with van der Waals surface area (Å²) in [6.07, 6.45) is -2.46. The average molecular weight is 356 g/mol. The Morgan fingerprint density at radius 1 is 0.958 bits per heavy atom. The number of hydrogen-bond donors (Lipinski definition) is 1. The van der Waals surface area contributed by atoms with Crippen molar-refractivity contribution in [3.8, 4) is 11.5 Å². The zero-order valence-electron chi connectivity index (χ0n) is 15.5. The van der Waals surface area contributed by atoms with E-state index >= 15 is 0 Å². The van der Waals surface area contributed by atoms with Crippen LogP contribution in [-0.2, 0) is 23.7 Å². The summed E-state index contributed by atoms with van der Waals surface area (Å²) < 4.78 is 29.2. The summed E-state index contributed by atoms with van der Waals surface area (Å²) >= 11 is 0. The van der Waals surface area contributed by atoms with E-state index in [-0.39, 0.29) is 0 Å². The molecule has 0 aliphatic carbocycles. The first-order valence-electron chi connectivity index (χ1n) is 8.41. The first-order valence-corrected chi connectivity index (χ1v) is 11.9. The zero-order chi connectivity index (χ0) is 18.0. The van der Waals surface area contributed by atoms with Crippen molar-refractivity contribution in [1.82, 2.24) is 0 Å². The molecule has 3 fully saturated rings. The van der Waals surface area contributed by atoms with Gasteiger partial charge in [-0.15, -0.1) is 5.54 Å². The topological polar surface area (TPSA) is 66.4 Å². The SMILES string of the molecule is CC1(C)OC[C@@H]([C@H]2O[C@@H]3OC(C)(C)O[C@@H]3[C@@]2(O)C#C[Si](C)(C)C)O1. The van der Waals surface area contributed by atoms with E-state index in [1.807, 2.05) is 13.8 Å².